The van der Waals surface area contributed by atoms with Crippen molar-refractivity contribution in [3.63, 3.8) is 0 Å². The molecule has 3 heteroatoms. The van der Waals surface area contributed by atoms with Gasteiger partial charge in [0.25, 0.3) is 0 Å². The summed E-state index contributed by atoms with van der Waals surface area (Å²) in [4.78, 5) is 0. The van der Waals surface area contributed by atoms with Gasteiger partial charge in [-0.15, -0.1) is 0 Å². The van der Waals surface area contributed by atoms with E-state index < -0.39 is 0 Å². The van der Waals surface area contributed by atoms with Gasteiger partial charge in [-0.25, -0.2) is 0 Å². The number of piperidine rings is 1. The average molecular weight is 139 g/mol. The van der Waals surface area contributed by atoms with Crippen LogP contribution in [0.3, 0.4) is 0 Å². The Morgan fingerprint density at radius 2 is 2.20 bits per heavy atom. The topological polar surface area (TPSA) is 36.8 Å². The summed E-state index contributed by atoms with van der Waals surface area (Å²) in [5.74, 6) is 0. The first-order valence-electron chi connectivity index (χ1n) is 3.99. The van der Waals surface area contributed by atoms with Crippen LogP contribution in [0.1, 0.15) is 26.2 Å². The van der Waals surface area contributed by atoms with Gasteiger partial charge in [0.05, 0.1) is 6.04 Å². The molecule has 1 saturated heterocycles. The molecule has 0 aliphatic carbocycles. The van der Waals surface area contributed by atoms with E-state index in [2.05, 4.69) is 22.5 Å². The molecule has 0 aromatic carbocycles. The number of rotatable bonds is 1. The van der Waals surface area contributed by atoms with Gasteiger partial charge in [-0.3, -0.25) is 0 Å². The van der Waals surface area contributed by atoms with Crippen molar-refractivity contribution in [2.45, 2.75) is 37.9 Å². The number of hydrogen-bond acceptors (Lipinski definition) is 3. The summed E-state index contributed by atoms with van der Waals surface area (Å²) in [5, 5.41) is 11.5. The summed E-state index contributed by atoms with van der Waals surface area (Å²) in [7, 11) is 0. The Labute approximate surface area is 60.9 Å². The molecule has 3 nitrogen and oxygen atoms in total. The molecule has 0 radical (unpaired) electrons. The highest BCUT2D eigenvalue weighted by Crippen LogP contribution is 2.34. The van der Waals surface area contributed by atoms with Crippen LogP contribution in [0.4, 0.5) is 0 Å². The Bertz CT molecular complexity index is 152. The zero-order valence-corrected chi connectivity index (χ0v) is 6.30. The lowest BCUT2D eigenvalue weighted by atomic mass is 9.97. The fourth-order valence-corrected chi connectivity index (χ4v) is 1.54. The maximum Gasteiger partial charge on any atom is 0.203 e. The summed E-state index contributed by atoms with van der Waals surface area (Å²) >= 11 is 0. The van der Waals surface area contributed by atoms with E-state index in [1.165, 1.54) is 19.3 Å². The molecule has 0 aromatic rings. The third kappa shape index (κ3) is 0.944. The molecule has 1 N–H and O–H groups in total. The maximum absolute atomic E-state index is 4.02. The first-order chi connectivity index (χ1) is 4.81. The minimum absolute atomic E-state index is 0.0413. The number of nitrogens with one attached hydrogen (secondary N) is 1. The number of nitrogens with zero attached hydrogens (tertiary/aromatic N) is 2. The lowest BCUT2D eigenvalue weighted by molar-refractivity contribution is 0.334. The molecule has 1 unspecified atom stereocenters. The molecule has 2 rings (SSSR count). The lowest BCUT2D eigenvalue weighted by Crippen LogP contribution is -2.43. The third-order valence-corrected chi connectivity index (χ3v) is 2.39. The molecule has 2 aliphatic rings. The number of hydrogen-bond donors (Lipinski definition) is 1. The summed E-state index contributed by atoms with van der Waals surface area (Å²) < 4.78 is 0. The molecule has 1 fully saturated rings. The zero-order chi connectivity index (χ0) is 7.03. The van der Waals surface area contributed by atoms with E-state index in [-0.39, 0.29) is 5.66 Å². The van der Waals surface area contributed by atoms with E-state index in [4.69, 9.17) is 0 Å². The van der Waals surface area contributed by atoms with E-state index in [9.17, 15) is 0 Å². The Kier molecular flexibility index (Phi) is 1.27. The van der Waals surface area contributed by atoms with Crippen molar-refractivity contribution >= 4 is 0 Å². The van der Waals surface area contributed by atoms with Crippen molar-refractivity contribution in [2.24, 2.45) is 10.2 Å². The van der Waals surface area contributed by atoms with Crippen molar-refractivity contribution < 1.29 is 0 Å². The monoisotopic (exact) mass is 139 g/mol. The van der Waals surface area contributed by atoms with Gasteiger partial charge in [0.15, 0.2) is 0 Å². The van der Waals surface area contributed by atoms with Crippen molar-refractivity contribution in [1.29, 1.82) is 0 Å². The Hall–Kier alpha value is -0.440. The largest absolute Gasteiger partial charge is 0.310 e. The smallest absolute Gasteiger partial charge is 0.203 e. The van der Waals surface area contributed by atoms with Crippen molar-refractivity contribution in [3.05, 3.63) is 0 Å². The first-order valence-corrected chi connectivity index (χ1v) is 3.99. The SMILES string of the molecule is CC1(C2CCCCN2)N=N1. The van der Waals surface area contributed by atoms with Gasteiger partial charge in [0.1, 0.15) is 0 Å². The van der Waals surface area contributed by atoms with Gasteiger partial charge in [-0.1, -0.05) is 6.42 Å². The van der Waals surface area contributed by atoms with Gasteiger partial charge in [-0.2, -0.15) is 10.2 Å². The normalized spacial score (nSPS) is 35.9. The van der Waals surface area contributed by atoms with Crippen LogP contribution in [0.5, 0.6) is 0 Å². The Morgan fingerprint density at radius 3 is 2.70 bits per heavy atom. The van der Waals surface area contributed by atoms with Crippen molar-refractivity contribution in [1.82, 2.24) is 5.32 Å². The molecule has 0 amide bonds. The lowest BCUT2D eigenvalue weighted by Gasteiger charge is -2.25. The summed E-state index contributed by atoms with van der Waals surface area (Å²) in [6, 6.07) is 0.529. The van der Waals surface area contributed by atoms with E-state index >= 15 is 0 Å². The second kappa shape index (κ2) is 2.02. The summed E-state index contributed by atoms with van der Waals surface area (Å²) in [6.07, 6.45) is 3.88. The standard InChI is InChI=1S/C7H13N3/c1-7(9-10-7)6-4-2-3-5-8-6/h6,8H,2-5H2,1H3. The molecule has 0 saturated carbocycles. The first kappa shape index (κ1) is 6.28. The molecule has 0 spiro atoms. The quantitative estimate of drug-likeness (QED) is 0.584. The van der Waals surface area contributed by atoms with E-state index in [1.54, 1.807) is 0 Å². The van der Waals surface area contributed by atoms with Gasteiger partial charge < -0.3 is 5.32 Å². The molecular formula is C7H13N3. The van der Waals surface area contributed by atoms with Crippen LogP contribution in [0, 0.1) is 0 Å². The molecule has 2 heterocycles. The minimum Gasteiger partial charge on any atom is -0.310 e. The Balaban J connectivity index is 1.91. The van der Waals surface area contributed by atoms with Crippen LogP contribution in [-0.4, -0.2) is 18.2 Å². The molecule has 0 bridgehead atoms. The van der Waals surface area contributed by atoms with E-state index in [1.807, 2.05) is 0 Å². The second-order valence-electron chi connectivity index (χ2n) is 3.30. The molecule has 1 atom stereocenters. The summed E-state index contributed by atoms with van der Waals surface area (Å²) in [5.41, 5.74) is -0.0413. The molecule has 2 aliphatic heterocycles. The van der Waals surface area contributed by atoms with Gasteiger partial charge in [0, 0.05) is 0 Å². The van der Waals surface area contributed by atoms with Crippen molar-refractivity contribution in [3.8, 4) is 0 Å². The van der Waals surface area contributed by atoms with Gasteiger partial charge in [0.2, 0.25) is 5.66 Å². The highest BCUT2D eigenvalue weighted by atomic mass is 15.5. The molecule has 0 aromatic heterocycles. The van der Waals surface area contributed by atoms with Crippen LogP contribution in [0.15, 0.2) is 10.2 Å². The zero-order valence-electron chi connectivity index (χ0n) is 6.30. The summed E-state index contributed by atoms with van der Waals surface area (Å²) in [6.45, 7) is 3.24. The molecule has 56 valence electrons. The van der Waals surface area contributed by atoms with Crippen LogP contribution >= 0.6 is 0 Å². The molecule has 10 heavy (non-hydrogen) atoms. The van der Waals surface area contributed by atoms with Crippen LogP contribution in [0.2, 0.25) is 0 Å². The molecular weight excluding hydrogens is 126 g/mol. The van der Waals surface area contributed by atoms with Gasteiger partial charge in [-0.05, 0) is 26.3 Å². The Morgan fingerprint density at radius 1 is 1.40 bits per heavy atom. The minimum atomic E-state index is -0.0413. The maximum atomic E-state index is 4.02. The van der Waals surface area contributed by atoms with E-state index in [0.717, 1.165) is 6.54 Å². The average Bonchev–Trinajstić information content (AvgIpc) is 2.72. The fraction of sp³-hybridized carbons (Fsp3) is 1.00. The fourth-order valence-electron chi connectivity index (χ4n) is 1.54. The van der Waals surface area contributed by atoms with Crippen LogP contribution < -0.4 is 5.32 Å². The predicted molar refractivity (Wildman–Crippen MR) is 38.9 cm³/mol. The highest BCUT2D eigenvalue weighted by Gasteiger charge is 2.43. The third-order valence-electron chi connectivity index (χ3n) is 2.39. The van der Waals surface area contributed by atoms with Crippen molar-refractivity contribution in [2.75, 3.05) is 6.54 Å². The predicted octanol–water partition coefficient (Wildman–Crippen LogP) is 1.31. The second-order valence-corrected chi connectivity index (χ2v) is 3.30. The highest BCUT2D eigenvalue weighted by molar-refractivity contribution is 5.00. The van der Waals surface area contributed by atoms with Gasteiger partial charge >= 0.3 is 0 Å². The van der Waals surface area contributed by atoms with Crippen LogP contribution in [-0.2, 0) is 0 Å². The van der Waals surface area contributed by atoms with Crippen LogP contribution in [0.25, 0.3) is 0 Å². The van der Waals surface area contributed by atoms with E-state index in [0.29, 0.717) is 6.04 Å².